The van der Waals surface area contributed by atoms with Crippen LogP contribution in [-0.4, -0.2) is 4.98 Å². The van der Waals surface area contributed by atoms with Gasteiger partial charge in [-0.3, -0.25) is 0 Å². The number of benzene rings is 1. The molecule has 0 aliphatic heterocycles. The standard InChI is InChI=1S/C12H8ClFN2/c13-10-3-1-8(2-4-10)12-9(7-15)5-11(6-14)16-12/h1-5,16H,6H2. The maximum absolute atomic E-state index is 12.5. The van der Waals surface area contributed by atoms with Gasteiger partial charge in [0.2, 0.25) is 0 Å². The summed E-state index contributed by atoms with van der Waals surface area (Å²) in [5.74, 6) is 0. The minimum absolute atomic E-state index is 0.404. The fraction of sp³-hybridized carbons (Fsp3) is 0.0833. The van der Waals surface area contributed by atoms with Crippen molar-refractivity contribution in [1.82, 2.24) is 4.98 Å². The van der Waals surface area contributed by atoms with Crippen molar-refractivity contribution >= 4 is 11.6 Å². The Morgan fingerprint density at radius 1 is 1.31 bits per heavy atom. The van der Waals surface area contributed by atoms with Gasteiger partial charge in [-0.1, -0.05) is 23.7 Å². The van der Waals surface area contributed by atoms with Crippen molar-refractivity contribution in [2.24, 2.45) is 0 Å². The van der Waals surface area contributed by atoms with E-state index in [1.165, 1.54) is 6.07 Å². The SMILES string of the molecule is N#Cc1cc(CF)[nH]c1-c1ccc(Cl)cc1. The Morgan fingerprint density at radius 3 is 2.56 bits per heavy atom. The first kappa shape index (κ1) is 10.7. The van der Waals surface area contributed by atoms with Crippen LogP contribution in [0.4, 0.5) is 4.39 Å². The number of nitrogens with one attached hydrogen (secondary N) is 1. The second-order valence-electron chi connectivity index (χ2n) is 3.34. The zero-order valence-corrected chi connectivity index (χ0v) is 9.05. The van der Waals surface area contributed by atoms with E-state index in [1.807, 2.05) is 6.07 Å². The predicted molar refractivity (Wildman–Crippen MR) is 60.8 cm³/mol. The van der Waals surface area contributed by atoms with E-state index in [1.54, 1.807) is 24.3 Å². The fourth-order valence-corrected chi connectivity index (χ4v) is 1.64. The first-order chi connectivity index (χ1) is 7.74. The van der Waals surface area contributed by atoms with Crippen molar-refractivity contribution in [2.45, 2.75) is 6.67 Å². The highest BCUT2D eigenvalue weighted by Crippen LogP contribution is 2.25. The van der Waals surface area contributed by atoms with E-state index >= 15 is 0 Å². The van der Waals surface area contributed by atoms with Crippen LogP contribution in [0.3, 0.4) is 0 Å². The number of hydrogen-bond acceptors (Lipinski definition) is 1. The van der Waals surface area contributed by atoms with Crippen LogP contribution in [0.5, 0.6) is 0 Å². The summed E-state index contributed by atoms with van der Waals surface area (Å²) in [5.41, 5.74) is 2.30. The number of aromatic amines is 1. The monoisotopic (exact) mass is 234 g/mol. The topological polar surface area (TPSA) is 39.6 Å². The summed E-state index contributed by atoms with van der Waals surface area (Å²) in [6, 6.07) is 10.6. The highest BCUT2D eigenvalue weighted by molar-refractivity contribution is 6.30. The highest BCUT2D eigenvalue weighted by atomic mass is 35.5. The second-order valence-corrected chi connectivity index (χ2v) is 3.77. The number of aromatic nitrogens is 1. The van der Waals surface area contributed by atoms with E-state index < -0.39 is 6.67 Å². The Balaban J connectivity index is 2.51. The molecule has 0 spiro atoms. The van der Waals surface area contributed by atoms with Gasteiger partial charge >= 0.3 is 0 Å². The molecule has 0 radical (unpaired) electrons. The van der Waals surface area contributed by atoms with Crippen LogP contribution in [0.1, 0.15) is 11.3 Å². The summed E-state index contributed by atoms with van der Waals surface area (Å²) in [4.78, 5) is 2.88. The number of halogens is 2. The minimum atomic E-state index is -0.609. The lowest BCUT2D eigenvalue weighted by Gasteiger charge is -1.99. The molecule has 2 nitrogen and oxygen atoms in total. The Morgan fingerprint density at radius 2 is 2.00 bits per heavy atom. The van der Waals surface area contributed by atoms with Gasteiger partial charge in [-0.2, -0.15) is 5.26 Å². The van der Waals surface area contributed by atoms with Crippen molar-refractivity contribution in [3.8, 4) is 17.3 Å². The molecule has 2 rings (SSSR count). The Labute approximate surface area is 97.3 Å². The second kappa shape index (κ2) is 4.38. The lowest BCUT2D eigenvalue weighted by molar-refractivity contribution is 0.478. The number of rotatable bonds is 2. The summed E-state index contributed by atoms with van der Waals surface area (Å²) < 4.78 is 12.5. The van der Waals surface area contributed by atoms with Crippen molar-refractivity contribution < 1.29 is 4.39 Å². The Bertz CT molecular complexity index is 537. The first-order valence-corrected chi connectivity index (χ1v) is 5.06. The van der Waals surface area contributed by atoms with Gasteiger partial charge in [0.15, 0.2) is 0 Å². The summed E-state index contributed by atoms with van der Waals surface area (Å²) in [6.07, 6.45) is 0. The zero-order valence-electron chi connectivity index (χ0n) is 8.30. The van der Waals surface area contributed by atoms with E-state index in [-0.39, 0.29) is 0 Å². The molecular formula is C12H8ClFN2. The molecule has 2 aromatic rings. The first-order valence-electron chi connectivity index (χ1n) is 4.68. The van der Waals surface area contributed by atoms with Crippen molar-refractivity contribution in [3.05, 3.63) is 46.6 Å². The molecule has 0 bridgehead atoms. The van der Waals surface area contributed by atoms with Crippen LogP contribution in [0, 0.1) is 11.3 Å². The molecule has 0 fully saturated rings. The molecule has 4 heteroatoms. The molecule has 0 aliphatic carbocycles. The van der Waals surface area contributed by atoms with Gasteiger partial charge in [0.1, 0.15) is 12.7 Å². The molecule has 0 atom stereocenters. The van der Waals surface area contributed by atoms with Crippen LogP contribution in [-0.2, 0) is 6.67 Å². The molecule has 1 heterocycles. The maximum Gasteiger partial charge on any atom is 0.129 e. The largest absolute Gasteiger partial charge is 0.355 e. The van der Waals surface area contributed by atoms with E-state index in [2.05, 4.69) is 4.98 Å². The van der Waals surface area contributed by atoms with Crippen LogP contribution in [0.15, 0.2) is 30.3 Å². The van der Waals surface area contributed by atoms with Crippen LogP contribution in [0.25, 0.3) is 11.3 Å². The Hall–Kier alpha value is -1.79. The minimum Gasteiger partial charge on any atom is -0.355 e. The summed E-state index contributed by atoms with van der Waals surface area (Å²) in [6.45, 7) is -0.609. The average Bonchev–Trinajstić information content (AvgIpc) is 2.73. The predicted octanol–water partition coefficient (Wildman–Crippen LogP) is 3.68. The lowest BCUT2D eigenvalue weighted by atomic mass is 10.1. The third kappa shape index (κ3) is 1.93. The highest BCUT2D eigenvalue weighted by Gasteiger charge is 2.09. The molecule has 0 saturated carbocycles. The zero-order chi connectivity index (χ0) is 11.5. The van der Waals surface area contributed by atoms with Crippen LogP contribution in [0.2, 0.25) is 5.02 Å². The smallest absolute Gasteiger partial charge is 0.129 e. The summed E-state index contributed by atoms with van der Waals surface area (Å²) in [5, 5.41) is 9.55. The fourth-order valence-electron chi connectivity index (χ4n) is 1.51. The van der Waals surface area contributed by atoms with Gasteiger partial charge in [-0.05, 0) is 23.8 Å². The molecule has 16 heavy (non-hydrogen) atoms. The van der Waals surface area contributed by atoms with Crippen LogP contribution >= 0.6 is 11.6 Å². The van der Waals surface area contributed by atoms with E-state index in [0.29, 0.717) is 22.0 Å². The van der Waals surface area contributed by atoms with Gasteiger partial charge < -0.3 is 4.98 Å². The number of alkyl halides is 1. The van der Waals surface area contributed by atoms with Crippen molar-refractivity contribution in [1.29, 1.82) is 5.26 Å². The molecular weight excluding hydrogens is 227 g/mol. The molecule has 1 aromatic carbocycles. The number of nitriles is 1. The summed E-state index contributed by atoms with van der Waals surface area (Å²) in [7, 11) is 0. The van der Waals surface area contributed by atoms with Gasteiger partial charge in [0.25, 0.3) is 0 Å². The molecule has 1 N–H and O–H groups in total. The van der Waals surface area contributed by atoms with E-state index in [4.69, 9.17) is 16.9 Å². The van der Waals surface area contributed by atoms with E-state index in [9.17, 15) is 4.39 Å². The van der Waals surface area contributed by atoms with Crippen LogP contribution < -0.4 is 0 Å². The number of nitrogens with zero attached hydrogens (tertiary/aromatic N) is 1. The maximum atomic E-state index is 12.5. The molecule has 80 valence electrons. The summed E-state index contributed by atoms with van der Waals surface area (Å²) >= 11 is 5.77. The molecule has 0 unspecified atom stereocenters. The van der Waals surface area contributed by atoms with Gasteiger partial charge in [-0.15, -0.1) is 0 Å². The molecule has 1 aromatic heterocycles. The lowest BCUT2D eigenvalue weighted by Crippen LogP contribution is -1.82. The van der Waals surface area contributed by atoms with Gasteiger partial charge in [0, 0.05) is 10.7 Å². The quantitative estimate of drug-likeness (QED) is 0.846. The Kier molecular flexibility index (Phi) is 2.93. The van der Waals surface area contributed by atoms with Gasteiger partial charge in [-0.25, -0.2) is 4.39 Å². The normalized spacial score (nSPS) is 10.1. The van der Waals surface area contributed by atoms with Gasteiger partial charge in [0.05, 0.1) is 11.3 Å². The number of hydrogen-bond donors (Lipinski definition) is 1. The number of H-pyrrole nitrogens is 1. The molecule has 0 amide bonds. The average molecular weight is 235 g/mol. The third-order valence-electron chi connectivity index (χ3n) is 2.27. The van der Waals surface area contributed by atoms with Crippen molar-refractivity contribution in [3.63, 3.8) is 0 Å². The molecule has 0 saturated heterocycles. The van der Waals surface area contributed by atoms with E-state index in [0.717, 1.165) is 5.56 Å². The molecule has 0 aliphatic rings. The van der Waals surface area contributed by atoms with Crippen molar-refractivity contribution in [2.75, 3.05) is 0 Å². The third-order valence-corrected chi connectivity index (χ3v) is 2.52.